The molecule has 0 saturated carbocycles. The van der Waals surface area contributed by atoms with Crippen LogP contribution in [0.4, 0.5) is 0 Å². The molecule has 0 aliphatic heterocycles. The summed E-state index contributed by atoms with van der Waals surface area (Å²) in [6, 6.07) is 0. The van der Waals surface area contributed by atoms with Gasteiger partial charge in [0.05, 0.1) is 6.54 Å². The molecule has 0 aliphatic rings. The molecule has 0 rings (SSSR count). The Morgan fingerprint density at radius 3 is 1.72 bits per heavy atom. The number of nitrogens with one attached hydrogen (secondary N) is 1. The summed E-state index contributed by atoms with van der Waals surface area (Å²) >= 11 is 0. The summed E-state index contributed by atoms with van der Waals surface area (Å²) in [6.07, 6.45) is 29.3. The number of allylic oxidation sites excluding steroid dienone is 8. The van der Waals surface area contributed by atoms with E-state index in [1.165, 1.54) is 25.7 Å². The van der Waals surface area contributed by atoms with Crippen LogP contribution >= 0.6 is 0 Å². The van der Waals surface area contributed by atoms with Crippen molar-refractivity contribution in [3.8, 4) is 0 Å². The number of unbranched alkanes of at least 4 members (excludes halogenated alkanes) is 5. The molecule has 0 aromatic carbocycles. The van der Waals surface area contributed by atoms with Crippen LogP contribution < -0.4 is 11.1 Å². The fraction of sp³-hybridized carbons (Fsp3) is 0.591. The molecule has 142 valence electrons. The molecule has 0 saturated heterocycles. The van der Waals surface area contributed by atoms with Gasteiger partial charge in [0.1, 0.15) is 0 Å². The van der Waals surface area contributed by atoms with Gasteiger partial charge in [-0.1, -0.05) is 68.4 Å². The standard InChI is InChI=1S/C22H38N2O/c1-2-3-4-5-6-7-8-9-10-11-12-13-14-15-16-17-18-19-20-24-22(25)21-23/h6-7,9-10,12-13,15-16H,2-5,8,11,14,17-21,23H2,1H3,(H,24,25)/b7-6-,10-9-,13-12-,16-15-. The van der Waals surface area contributed by atoms with Gasteiger partial charge >= 0.3 is 0 Å². The highest BCUT2D eigenvalue weighted by atomic mass is 16.1. The first-order chi connectivity index (χ1) is 12.3. The number of hydrogen-bond donors (Lipinski definition) is 2. The zero-order chi connectivity index (χ0) is 18.4. The maximum atomic E-state index is 10.9. The van der Waals surface area contributed by atoms with Crippen molar-refractivity contribution in [1.29, 1.82) is 0 Å². The summed E-state index contributed by atoms with van der Waals surface area (Å²) in [7, 11) is 0. The molecule has 3 heteroatoms. The van der Waals surface area contributed by atoms with E-state index in [1.54, 1.807) is 0 Å². The van der Waals surface area contributed by atoms with Crippen molar-refractivity contribution in [2.24, 2.45) is 5.73 Å². The second-order valence-electron chi connectivity index (χ2n) is 6.14. The quantitative estimate of drug-likeness (QED) is 0.298. The SMILES string of the molecule is CCCCC/C=C\C/C=C\C/C=C\C/C=C\CCCCNC(=O)CN. The van der Waals surface area contributed by atoms with E-state index < -0.39 is 0 Å². The van der Waals surface area contributed by atoms with Crippen LogP contribution in [0.25, 0.3) is 0 Å². The third-order valence-corrected chi connectivity index (χ3v) is 3.76. The minimum atomic E-state index is -0.0716. The first-order valence-corrected chi connectivity index (χ1v) is 9.88. The summed E-state index contributed by atoms with van der Waals surface area (Å²) in [4.78, 5) is 10.9. The lowest BCUT2D eigenvalue weighted by Crippen LogP contribution is -2.30. The van der Waals surface area contributed by atoms with Crippen LogP contribution in [0.15, 0.2) is 48.6 Å². The van der Waals surface area contributed by atoms with E-state index in [4.69, 9.17) is 5.73 Å². The molecule has 0 heterocycles. The molecule has 0 bridgehead atoms. The average molecular weight is 347 g/mol. The highest BCUT2D eigenvalue weighted by Gasteiger charge is 1.93. The van der Waals surface area contributed by atoms with E-state index in [0.717, 1.165) is 45.1 Å². The molecule has 0 fully saturated rings. The number of nitrogens with two attached hydrogens (primary N) is 1. The Morgan fingerprint density at radius 1 is 0.760 bits per heavy atom. The molecule has 0 spiro atoms. The Balaban J connectivity index is 3.39. The third kappa shape index (κ3) is 20.3. The molecule has 3 nitrogen and oxygen atoms in total. The summed E-state index contributed by atoms with van der Waals surface area (Å²) in [5.41, 5.74) is 5.22. The van der Waals surface area contributed by atoms with E-state index in [2.05, 4.69) is 60.8 Å². The second kappa shape index (κ2) is 20.4. The lowest BCUT2D eigenvalue weighted by Gasteiger charge is -2.01. The van der Waals surface area contributed by atoms with Crippen molar-refractivity contribution in [3.63, 3.8) is 0 Å². The Bertz CT molecular complexity index is 408. The Labute approximate surface area is 155 Å². The van der Waals surface area contributed by atoms with Gasteiger partial charge in [-0.25, -0.2) is 0 Å². The predicted molar refractivity (Wildman–Crippen MR) is 110 cm³/mol. The topological polar surface area (TPSA) is 55.1 Å². The molecule has 3 N–H and O–H groups in total. The Kier molecular flexibility index (Phi) is 19.1. The van der Waals surface area contributed by atoms with Gasteiger partial charge in [-0.05, 0) is 51.4 Å². The van der Waals surface area contributed by atoms with Crippen LogP contribution in [-0.2, 0) is 4.79 Å². The van der Waals surface area contributed by atoms with Crippen LogP contribution in [-0.4, -0.2) is 19.0 Å². The zero-order valence-corrected chi connectivity index (χ0v) is 16.1. The van der Waals surface area contributed by atoms with E-state index in [-0.39, 0.29) is 12.5 Å². The second-order valence-corrected chi connectivity index (χ2v) is 6.14. The van der Waals surface area contributed by atoms with Crippen LogP contribution in [0, 0.1) is 0 Å². The first kappa shape index (κ1) is 23.4. The molecule has 0 radical (unpaired) electrons. The molecule has 25 heavy (non-hydrogen) atoms. The normalized spacial score (nSPS) is 12.2. The average Bonchev–Trinajstić information content (AvgIpc) is 2.63. The van der Waals surface area contributed by atoms with Crippen LogP contribution in [0.1, 0.15) is 71.1 Å². The molecule has 0 aromatic heterocycles. The maximum Gasteiger partial charge on any atom is 0.233 e. The number of rotatable bonds is 16. The zero-order valence-electron chi connectivity index (χ0n) is 16.1. The monoisotopic (exact) mass is 346 g/mol. The van der Waals surface area contributed by atoms with Gasteiger partial charge in [0.25, 0.3) is 0 Å². The minimum Gasteiger partial charge on any atom is -0.355 e. The van der Waals surface area contributed by atoms with E-state index in [0.29, 0.717) is 0 Å². The fourth-order valence-electron chi connectivity index (χ4n) is 2.25. The van der Waals surface area contributed by atoms with Crippen LogP contribution in [0.5, 0.6) is 0 Å². The van der Waals surface area contributed by atoms with E-state index >= 15 is 0 Å². The Morgan fingerprint density at radius 2 is 1.24 bits per heavy atom. The summed E-state index contributed by atoms with van der Waals surface area (Å²) in [6.45, 7) is 3.05. The molecular weight excluding hydrogens is 308 g/mol. The fourth-order valence-corrected chi connectivity index (χ4v) is 2.25. The number of amides is 1. The molecule has 0 unspecified atom stereocenters. The van der Waals surface area contributed by atoms with Gasteiger partial charge < -0.3 is 11.1 Å². The van der Waals surface area contributed by atoms with Crippen LogP contribution in [0.3, 0.4) is 0 Å². The molecular formula is C22H38N2O. The van der Waals surface area contributed by atoms with Gasteiger partial charge in [-0.3, -0.25) is 4.79 Å². The van der Waals surface area contributed by atoms with Crippen molar-refractivity contribution in [2.75, 3.05) is 13.1 Å². The summed E-state index contributed by atoms with van der Waals surface area (Å²) in [5, 5.41) is 2.78. The Hall–Kier alpha value is -1.61. The van der Waals surface area contributed by atoms with Crippen molar-refractivity contribution in [2.45, 2.75) is 71.1 Å². The van der Waals surface area contributed by atoms with E-state index in [1.807, 2.05) is 0 Å². The van der Waals surface area contributed by atoms with Crippen LogP contribution in [0.2, 0.25) is 0 Å². The van der Waals surface area contributed by atoms with Gasteiger partial charge in [-0.15, -0.1) is 0 Å². The maximum absolute atomic E-state index is 10.9. The van der Waals surface area contributed by atoms with Gasteiger partial charge in [0, 0.05) is 6.54 Å². The van der Waals surface area contributed by atoms with Crippen molar-refractivity contribution >= 4 is 5.91 Å². The lowest BCUT2D eigenvalue weighted by molar-refractivity contribution is -0.119. The lowest BCUT2D eigenvalue weighted by atomic mass is 10.2. The van der Waals surface area contributed by atoms with Gasteiger partial charge in [-0.2, -0.15) is 0 Å². The van der Waals surface area contributed by atoms with E-state index in [9.17, 15) is 4.79 Å². The smallest absolute Gasteiger partial charge is 0.233 e. The highest BCUT2D eigenvalue weighted by molar-refractivity contribution is 5.77. The van der Waals surface area contributed by atoms with Gasteiger partial charge in [0.2, 0.25) is 5.91 Å². The predicted octanol–water partition coefficient (Wildman–Crippen LogP) is 5.21. The van der Waals surface area contributed by atoms with Crippen molar-refractivity contribution in [1.82, 2.24) is 5.32 Å². The largest absolute Gasteiger partial charge is 0.355 e. The van der Waals surface area contributed by atoms with Gasteiger partial charge in [0.15, 0.2) is 0 Å². The number of hydrogen-bond acceptors (Lipinski definition) is 2. The number of carbonyl (C=O) groups is 1. The first-order valence-electron chi connectivity index (χ1n) is 9.88. The molecule has 0 aliphatic carbocycles. The summed E-state index contributed by atoms with van der Waals surface area (Å²) < 4.78 is 0. The minimum absolute atomic E-state index is 0.0716. The number of carbonyl (C=O) groups excluding carboxylic acids is 1. The van der Waals surface area contributed by atoms with Crippen molar-refractivity contribution < 1.29 is 4.79 Å². The molecule has 0 atom stereocenters. The summed E-state index contributed by atoms with van der Waals surface area (Å²) in [5.74, 6) is -0.0716. The molecule has 0 aromatic rings. The third-order valence-electron chi connectivity index (χ3n) is 3.76. The van der Waals surface area contributed by atoms with Crippen molar-refractivity contribution in [3.05, 3.63) is 48.6 Å². The highest BCUT2D eigenvalue weighted by Crippen LogP contribution is 2.01. The molecule has 1 amide bonds.